The molecule has 0 radical (unpaired) electrons. The van der Waals surface area contributed by atoms with E-state index in [-0.39, 0.29) is 12.0 Å². The van der Waals surface area contributed by atoms with Crippen molar-refractivity contribution >= 4 is 5.97 Å². The van der Waals surface area contributed by atoms with E-state index in [9.17, 15) is 4.79 Å². The van der Waals surface area contributed by atoms with Gasteiger partial charge in [0.25, 0.3) is 0 Å². The summed E-state index contributed by atoms with van der Waals surface area (Å²) >= 11 is 0. The molecule has 3 heteroatoms. The lowest BCUT2D eigenvalue weighted by molar-refractivity contribution is -0.142. The predicted octanol–water partition coefficient (Wildman–Crippen LogP) is 1.72. The topological polar surface area (TPSA) is 38.3 Å². The smallest absolute Gasteiger partial charge is 0.322 e. The molecule has 82 valence electrons. The van der Waals surface area contributed by atoms with Crippen LogP contribution in [0.3, 0.4) is 0 Å². The number of carbonyl (C=O) groups excluding carboxylic acids is 1. The molecule has 1 unspecified atom stereocenters. The molecule has 0 heterocycles. The van der Waals surface area contributed by atoms with Crippen molar-refractivity contribution in [1.82, 2.24) is 5.32 Å². The third-order valence-corrected chi connectivity index (χ3v) is 3.08. The zero-order valence-electron chi connectivity index (χ0n) is 9.43. The van der Waals surface area contributed by atoms with Gasteiger partial charge in [0.05, 0.1) is 7.11 Å². The number of esters is 1. The number of ether oxygens (including phenoxy) is 1. The van der Waals surface area contributed by atoms with Crippen molar-refractivity contribution in [3.63, 3.8) is 0 Å². The lowest BCUT2D eigenvalue weighted by Gasteiger charge is -2.18. The molecule has 1 atom stereocenters. The fourth-order valence-corrected chi connectivity index (χ4v) is 1.85. The van der Waals surface area contributed by atoms with E-state index in [2.05, 4.69) is 17.0 Å². The van der Waals surface area contributed by atoms with Crippen LogP contribution in [0.25, 0.3) is 0 Å². The maximum atomic E-state index is 11.1. The molecule has 14 heavy (non-hydrogen) atoms. The SMILES string of the molecule is CCCC1(CNC(C)C(=O)OC)CC1. The largest absolute Gasteiger partial charge is 0.468 e. The average Bonchev–Trinajstić information content (AvgIpc) is 2.94. The van der Waals surface area contributed by atoms with Crippen LogP contribution in [0.1, 0.15) is 39.5 Å². The quantitative estimate of drug-likeness (QED) is 0.662. The molecule has 0 amide bonds. The molecule has 0 aliphatic heterocycles. The molecule has 1 aliphatic rings. The Morgan fingerprint density at radius 2 is 2.21 bits per heavy atom. The van der Waals surface area contributed by atoms with E-state index in [4.69, 9.17) is 0 Å². The van der Waals surface area contributed by atoms with Gasteiger partial charge in [0.1, 0.15) is 6.04 Å². The van der Waals surface area contributed by atoms with E-state index in [0.717, 1.165) is 6.54 Å². The van der Waals surface area contributed by atoms with Gasteiger partial charge in [-0.2, -0.15) is 0 Å². The van der Waals surface area contributed by atoms with E-state index in [1.807, 2.05) is 6.92 Å². The van der Waals surface area contributed by atoms with Gasteiger partial charge in [-0.3, -0.25) is 4.79 Å². The first kappa shape index (κ1) is 11.5. The number of methoxy groups -OCH3 is 1. The Hall–Kier alpha value is -0.570. The van der Waals surface area contributed by atoms with Gasteiger partial charge in [-0.15, -0.1) is 0 Å². The fraction of sp³-hybridized carbons (Fsp3) is 0.909. The summed E-state index contributed by atoms with van der Waals surface area (Å²) in [7, 11) is 1.43. The Bertz CT molecular complexity index is 199. The van der Waals surface area contributed by atoms with Crippen LogP contribution in [0.5, 0.6) is 0 Å². The molecule has 1 rings (SSSR count). The van der Waals surface area contributed by atoms with Crippen molar-refractivity contribution in [2.45, 2.75) is 45.6 Å². The van der Waals surface area contributed by atoms with Crippen LogP contribution < -0.4 is 5.32 Å². The van der Waals surface area contributed by atoms with Crippen molar-refractivity contribution in [1.29, 1.82) is 0 Å². The summed E-state index contributed by atoms with van der Waals surface area (Å²) in [5.74, 6) is -0.169. The van der Waals surface area contributed by atoms with Crippen LogP contribution in [0.4, 0.5) is 0 Å². The van der Waals surface area contributed by atoms with Gasteiger partial charge >= 0.3 is 5.97 Å². The molecule has 0 bridgehead atoms. The Kier molecular flexibility index (Phi) is 3.93. The number of hydrogen-bond donors (Lipinski definition) is 1. The summed E-state index contributed by atoms with van der Waals surface area (Å²) in [6.07, 6.45) is 5.12. The van der Waals surface area contributed by atoms with Gasteiger partial charge in [-0.1, -0.05) is 13.3 Å². The minimum absolute atomic E-state index is 0.169. The highest BCUT2D eigenvalue weighted by Gasteiger charge is 2.41. The van der Waals surface area contributed by atoms with Crippen molar-refractivity contribution in [2.75, 3.05) is 13.7 Å². The van der Waals surface area contributed by atoms with Gasteiger partial charge < -0.3 is 10.1 Å². The third-order valence-electron chi connectivity index (χ3n) is 3.08. The van der Waals surface area contributed by atoms with Crippen molar-refractivity contribution in [2.24, 2.45) is 5.41 Å². The first-order valence-electron chi connectivity index (χ1n) is 5.45. The second-order valence-electron chi connectivity index (χ2n) is 4.38. The molecule has 3 nitrogen and oxygen atoms in total. The van der Waals surface area contributed by atoms with E-state index in [0.29, 0.717) is 5.41 Å². The monoisotopic (exact) mass is 199 g/mol. The van der Waals surface area contributed by atoms with E-state index >= 15 is 0 Å². The highest BCUT2D eigenvalue weighted by Crippen LogP contribution is 2.48. The van der Waals surface area contributed by atoms with Gasteiger partial charge in [0, 0.05) is 6.54 Å². The van der Waals surface area contributed by atoms with E-state index < -0.39 is 0 Å². The number of rotatable bonds is 6. The van der Waals surface area contributed by atoms with Crippen molar-refractivity contribution in [3.8, 4) is 0 Å². The molecule has 1 fully saturated rings. The molecule has 0 aromatic carbocycles. The highest BCUT2D eigenvalue weighted by atomic mass is 16.5. The molecule has 1 N–H and O–H groups in total. The van der Waals surface area contributed by atoms with Gasteiger partial charge in [0.15, 0.2) is 0 Å². The molecule has 0 aromatic rings. The lowest BCUT2D eigenvalue weighted by atomic mass is 10.0. The Morgan fingerprint density at radius 1 is 1.57 bits per heavy atom. The molecule has 0 spiro atoms. The number of nitrogens with one attached hydrogen (secondary N) is 1. The first-order valence-corrected chi connectivity index (χ1v) is 5.45. The van der Waals surface area contributed by atoms with Gasteiger partial charge in [-0.05, 0) is 31.6 Å². The molecule has 0 aromatic heterocycles. The summed E-state index contributed by atoms with van der Waals surface area (Å²) in [5.41, 5.74) is 0.497. The van der Waals surface area contributed by atoms with E-state index in [1.54, 1.807) is 0 Å². The maximum Gasteiger partial charge on any atom is 0.322 e. The average molecular weight is 199 g/mol. The Morgan fingerprint density at radius 3 is 2.64 bits per heavy atom. The second-order valence-corrected chi connectivity index (χ2v) is 4.38. The second kappa shape index (κ2) is 4.78. The van der Waals surface area contributed by atoms with Gasteiger partial charge in [-0.25, -0.2) is 0 Å². The molecule has 1 saturated carbocycles. The minimum Gasteiger partial charge on any atom is -0.468 e. The van der Waals surface area contributed by atoms with Crippen LogP contribution in [0.2, 0.25) is 0 Å². The summed E-state index contributed by atoms with van der Waals surface area (Å²) in [6, 6.07) is -0.172. The standard InChI is InChI=1S/C11H21NO2/c1-4-5-11(6-7-11)8-12-9(2)10(13)14-3/h9,12H,4-8H2,1-3H3. The highest BCUT2D eigenvalue weighted by molar-refractivity contribution is 5.75. The van der Waals surface area contributed by atoms with E-state index in [1.165, 1.54) is 32.8 Å². The van der Waals surface area contributed by atoms with Crippen LogP contribution in [-0.2, 0) is 9.53 Å². The van der Waals surface area contributed by atoms with Crippen LogP contribution >= 0.6 is 0 Å². The van der Waals surface area contributed by atoms with Gasteiger partial charge in [0.2, 0.25) is 0 Å². The fourth-order valence-electron chi connectivity index (χ4n) is 1.85. The summed E-state index contributed by atoms with van der Waals surface area (Å²) in [4.78, 5) is 11.1. The lowest BCUT2D eigenvalue weighted by Crippen LogP contribution is -2.38. The van der Waals surface area contributed by atoms with Crippen molar-refractivity contribution < 1.29 is 9.53 Å². The Balaban J connectivity index is 2.23. The van der Waals surface area contributed by atoms with Crippen LogP contribution in [-0.4, -0.2) is 25.7 Å². The molecular weight excluding hydrogens is 178 g/mol. The summed E-state index contributed by atoms with van der Waals surface area (Å²) < 4.78 is 4.66. The zero-order valence-corrected chi connectivity index (χ0v) is 9.43. The predicted molar refractivity (Wildman–Crippen MR) is 56.1 cm³/mol. The number of carbonyl (C=O) groups is 1. The summed E-state index contributed by atoms with van der Waals surface area (Å²) in [5, 5.41) is 3.25. The normalized spacial score (nSPS) is 20.2. The zero-order chi connectivity index (χ0) is 10.6. The third kappa shape index (κ3) is 2.98. The van der Waals surface area contributed by atoms with Crippen molar-refractivity contribution in [3.05, 3.63) is 0 Å². The van der Waals surface area contributed by atoms with Crippen LogP contribution in [0.15, 0.2) is 0 Å². The van der Waals surface area contributed by atoms with Crippen LogP contribution in [0, 0.1) is 5.41 Å². The minimum atomic E-state index is -0.172. The molecule has 0 saturated heterocycles. The number of hydrogen-bond acceptors (Lipinski definition) is 3. The first-order chi connectivity index (χ1) is 6.63. The maximum absolute atomic E-state index is 11.1. The molecular formula is C11H21NO2. The molecule has 1 aliphatic carbocycles. The Labute approximate surface area is 86.2 Å². The summed E-state index contributed by atoms with van der Waals surface area (Å²) in [6.45, 7) is 5.02.